The molecule has 0 aliphatic heterocycles. The standard InChI is InChI=1S/C25H20ClFN2O3/c1-15-23(24(30)25(31)28-19-9-7-18(27)8-10-19)21-13-20(32-2)11-12-22(21)29(15)14-16-3-5-17(26)6-4-16/h3-13H,14H2,1-2H3,(H,28,31). The van der Waals surface area contributed by atoms with E-state index in [-0.39, 0.29) is 0 Å². The van der Waals surface area contributed by atoms with Crippen LogP contribution in [0.5, 0.6) is 5.75 Å². The Hall–Kier alpha value is -3.64. The Kier molecular flexibility index (Phi) is 5.97. The van der Waals surface area contributed by atoms with Crippen LogP contribution in [0.25, 0.3) is 10.9 Å². The number of fused-ring (bicyclic) bond motifs is 1. The maximum Gasteiger partial charge on any atom is 0.296 e. The number of anilines is 1. The predicted octanol–water partition coefficient (Wildman–Crippen LogP) is 5.62. The molecule has 4 aromatic rings. The van der Waals surface area contributed by atoms with E-state index < -0.39 is 17.5 Å². The summed E-state index contributed by atoms with van der Waals surface area (Å²) in [5.74, 6) is -1.33. The average Bonchev–Trinajstić information content (AvgIpc) is 3.06. The van der Waals surface area contributed by atoms with Crippen LogP contribution in [-0.2, 0) is 11.3 Å². The van der Waals surface area contributed by atoms with Gasteiger partial charge in [-0.1, -0.05) is 23.7 Å². The first-order valence-electron chi connectivity index (χ1n) is 9.90. The van der Waals surface area contributed by atoms with E-state index in [9.17, 15) is 14.0 Å². The Labute approximate surface area is 189 Å². The molecule has 0 spiro atoms. The lowest BCUT2D eigenvalue weighted by Gasteiger charge is -2.09. The monoisotopic (exact) mass is 450 g/mol. The van der Waals surface area contributed by atoms with Gasteiger partial charge in [0.05, 0.1) is 12.7 Å². The first-order valence-corrected chi connectivity index (χ1v) is 10.3. The summed E-state index contributed by atoms with van der Waals surface area (Å²) < 4.78 is 20.5. The first kappa shape index (κ1) is 21.6. The number of halogens is 2. The van der Waals surface area contributed by atoms with Crippen LogP contribution in [0.3, 0.4) is 0 Å². The number of rotatable bonds is 6. The molecule has 0 fully saturated rings. The molecule has 0 aliphatic carbocycles. The first-order chi connectivity index (χ1) is 15.4. The highest BCUT2D eigenvalue weighted by molar-refractivity contribution is 6.48. The number of carbonyl (C=O) groups is 2. The molecule has 32 heavy (non-hydrogen) atoms. The summed E-state index contributed by atoms with van der Waals surface area (Å²) in [6.07, 6.45) is 0. The van der Waals surface area contributed by atoms with E-state index in [1.165, 1.54) is 24.3 Å². The van der Waals surface area contributed by atoms with Crippen LogP contribution in [0.15, 0.2) is 66.7 Å². The van der Waals surface area contributed by atoms with Crippen LogP contribution in [0.2, 0.25) is 5.02 Å². The summed E-state index contributed by atoms with van der Waals surface area (Å²) in [4.78, 5) is 25.9. The highest BCUT2D eigenvalue weighted by Gasteiger charge is 2.26. The number of amides is 1. The molecule has 4 rings (SSSR count). The predicted molar refractivity (Wildman–Crippen MR) is 123 cm³/mol. The molecular formula is C25H20ClFN2O3. The van der Waals surface area contributed by atoms with Gasteiger partial charge in [0.15, 0.2) is 0 Å². The zero-order valence-electron chi connectivity index (χ0n) is 17.5. The van der Waals surface area contributed by atoms with Gasteiger partial charge in [0.1, 0.15) is 11.6 Å². The van der Waals surface area contributed by atoms with Gasteiger partial charge < -0.3 is 14.6 Å². The molecule has 1 heterocycles. The fourth-order valence-corrected chi connectivity index (χ4v) is 3.81. The van der Waals surface area contributed by atoms with Crippen molar-refractivity contribution in [3.8, 4) is 5.75 Å². The van der Waals surface area contributed by atoms with Crippen molar-refractivity contribution in [2.45, 2.75) is 13.5 Å². The number of methoxy groups -OCH3 is 1. The summed E-state index contributed by atoms with van der Waals surface area (Å²) in [7, 11) is 1.54. The lowest BCUT2D eigenvalue weighted by Crippen LogP contribution is -2.23. The second-order valence-electron chi connectivity index (χ2n) is 7.35. The van der Waals surface area contributed by atoms with Gasteiger partial charge in [0.25, 0.3) is 11.7 Å². The summed E-state index contributed by atoms with van der Waals surface area (Å²) in [6.45, 7) is 2.31. The van der Waals surface area contributed by atoms with Crippen LogP contribution in [0, 0.1) is 12.7 Å². The summed E-state index contributed by atoms with van der Waals surface area (Å²) >= 11 is 6.00. The molecule has 0 atom stereocenters. The number of nitrogens with zero attached hydrogens (tertiary/aromatic N) is 1. The number of hydrogen-bond donors (Lipinski definition) is 1. The quantitative estimate of drug-likeness (QED) is 0.306. The summed E-state index contributed by atoms with van der Waals surface area (Å²) in [5.41, 5.74) is 3.09. The van der Waals surface area contributed by atoms with E-state index in [0.29, 0.717) is 39.6 Å². The number of Topliss-reactive ketones (excluding diaryl/α,β-unsaturated/α-hetero) is 1. The van der Waals surface area contributed by atoms with Crippen LogP contribution in [0.1, 0.15) is 21.6 Å². The van der Waals surface area contributed by atoms with Crippen LogP contribution in [-0.4, -0.2) is 23.4 Å². The Balaban J connectivity index is 1.76. The average molecular weight is 451 g/mol. The molecule has 7 heteroatoms. The third kappa shape index (κ3) is 4.22. The van der Waals surface area contributed by atoms with E-state index in [2.05, 4.69) is 5.32 Å². The molecule has 162 valence electrons. The van der Waals surface area contributed by atoms with Crippen molar-refractivity contribution in [2.24, 2.45) is 0 Å². The van der Waals surface area contributed by atoms with E-state index in [0.717, 1.165) is 11.1 Å². The molecule has 0 radical (unpaired) electrons. The van der Waals surface area contributed by atoms with Crippen molar-refractivity contribution in [3.63, 3.8) is 0 Å². The van der Waals surface area contributed by atoms with E-state index >= 15 is 0 Å². The van der Waals surface area contributed by atoms with Crippen LogP contribution in [0.4, 0.5) is 10.1 Å². The maximum atomic E-state index is 13.2. The molecule has 0 unspecified atom stereocenters. The molecule has 0 saturated carbocycles. The number of carbonyl (C=O) groups excluding carboxylic acids is 2. The zero-order valence-corrected chi connectivity index (χ0v) is 18.2. The second kappa shape index (κ2) is 8.85. The minimum atomic E-state index is -0.798. The number of ketones is 1. The van der Waals surface area contributed by atoms with Crippen molar-refractivity contribution in [2.75, 3.05) is 12.4 Å². The van der Waals surface area contributed by atoms with E-state index in [1.807, 2.05) is 41.0 Å². The fourth-order valence-electron chi connectivity index (χ4n) is 3.69. The minimum absolute atomic E-state index is 0.299. The Bertz CT molecular complexity index is 1310. The molecule has 0 aliphatic rings. The smallest absolute Gasteiger partial charge is 0.296 e. The number of aromatic nitrogens is 1. The third-order valence-electron chi connectivity index (χ3n) is 5.32. The SMILES string of the molecule is COc1ccc2c(c1)c(C(=O)C(=O)Nc1ccc(F)cc1)c(C)n2Cc1ccc(Cl)cc1. The number of benzene rings is 3. The van der Waals surface area contributed by atoms with E-state index in [4.69, 9.17) is 16.3 Å². The van der Waals surface area contributed by atoms with Crippen molar-refractivity contribution in [3.05, 3.63) is 94.4 Å². The lowest BCUT2D eigenvalue weighted by molar-refractivity contribution is -0.112. The van der Waals surface area contributed by atoms with Gasteiger partial charge in [-0.15, -0.1) is 0 Å². The molecule has 0 bridgehead atoms. The largest absolute Gasteiger partial charge is 0.497 e. The fraction of sp³-hybridized carbons (Fsp3) is 0.120. The van der Waals surface area contributed by atoms with E-state index in [1.54, 1.807) is 20.1 Å². The Morgan fingerprint density at radius 3 is 2.38 bits per heavy atom. The molecule has 3 aromatic carbocycles. The highest BCUT2D eigenvalue weighted by atomic mass is 35.5. The van der Waals surface area contributed by atoms with Gasteiger partial charge in [-0.3, -0.25) is 9.59 Å². The van der Waals surface area contributed by atoms with Crippen molar-refractivity contribution in [1.82, 2.24) is 4.57 Å². The zero-order chi connectivity index (χ0) is 22.8. The highest BCUT2D eigenvalue weighted by Crippen LogP contribution is 2.31. The minimum Gasteiger partial charge on any atom is -0.497 e. The van der Waals surface area contributed by atoms with Crippen molar-refractivity contribution < 1.29 is 18.7 Å². The topological polar surface area (TPSA) is 60.3 Å². The molecule has 1 aromatic heterocycles. The molecular weight excluding hydrogens is 431 g/mol. The molecule has 1 amide bonds. The van der Waals surface area contributed by atoms with Crippen LogP contribution < -0.4 is 10.1 Å². The number of hydrogen-bond acceptors (Lipinski definition) is 3. The molecule has 5 nitrogen and oxygen atoms in total. The van der Waals surface area contributed by atoms with Gasteiger partial charge in [-0.25, -0.2) is 4.39 Å². The van der Waals surface area contributed by atoms with Gasteiger partial charge in [-0.2, -0.15) is 0 Å². The molecule has 1 N–H and O–H groups in total. The van der Waals surface area contributed by atoms with Gasteiger partial charge in [-0.05, 0) is 67.1 Å². The Morgan fingerprint density at radius 1 is 1.03 bits per heavy atom. The number of nitrogens with one attached hydrogen (secondary N) is 1. The summed E-state index contributed by atoms with van der Waals surface area (Å²) in [6, 6.07) is 18.1. The van der Waals surface area contributed by atoms with Crippen LogP contribution >= 0.6 is 11.6 Å². The number of ether oxygens (including phenoxy) is 1. The second-order valence-corrected chi connectivity index (χ2v) is 7.78. The summed E-state index contributed by atoms with van der Waals surface area (Å²) in [5, 5.41) is 3.80. The normalized spacial score (nSPS) is 10.9. The lowest BCUT2D eigenvalue weighted by atomic mass is 10.1. The third-order valence-corrected chi connectivity index (χ3v) is 5.57. The maximum absolute atomic E-state index is 13.2. The van der Waals surface area contributed by atoms with Gasteiger partial charge in [0, 0.05) is 33.9 Å². The van der Waals surface area contributed by atoms with Gasteiger partial charge in [0.2, 0.25) is 0 Å². The van der Waals surface area contributed by atoms with Crippen molar-refractivity contribution >= 4 is 39.9 Å². The van der Waals surface area contributed by atoms with Crippen molar-refractivity contribution in [1.29, 1.82) is 0 Å². The molecule has 0 saturated heterocycles. The Morgan fingerprint density at radius 2 is 1.72 bits per heavy atom. The van der Waals surface area contributed by atoms with Gasteiger partial charge >= 0.3 is 0 Å².